The molecule has 1 aliphatic heterocycles. The summed E-state index contributed by atoms with van der Waals surface area (Å²) in [5, 5.41) is 9.09. The van der Waals surface area contributed by atoms with Gasteiger partial charge in [0.05, 0.1) is 12.3 Å². The van der Waals surface area contributed by atoms with Gasteiger partial charge in [-0.25, -0.2) is 0 Å². The minimum atomic E-state index is 0.184. The highest BCUT2D eigenvalue weighted by Gasteiger charge is 2.09. The first-order chi connectivity index (χ1) is 8.38. The average molecular weight is 230 g/mol. The molecule has 0 saturated heterocycles. The van der Waals surface area contributed by atoms with Gasteiger partial charge in [0.15, 0.2) is 0 Å². The fourth-order valence-corrected chi connectivity index (χ4v) is 1.94. The largest absolute Gasteiger partial charge is 0.395 e. The van der Waals surface area contributed by atoms with E-state index in [2.05, 4.69) is 28.1 Å². The van der Waals surface area contributed by atoms with Crippen molar-refractivity contribution in [1.29, 1.82) is 0 Å². The van der Waals surface area contributed by atoms with Crippen molar-refractivity contribution in [2.24, 2.45) is 4.99 Å². The van der Waals surface area contributed by atoms with Gasteiger partial charge in [-0.2, -0.15) is 0 Å². The summed E-state index contributed by atoms with van der Waals surface area (Å²) in [5.41, 5.74) is 2.37. The van der Waals surface area contributed by atoms with Crippen molar-refractivity contribution < 1.29 is 5.11 Å². The third kappa shape index (κ3) is 3.80. The van der Waals surface area contributed by atoms with Gasteiger partial charge in [-0.15, -0.1) is 0 Å². The lowest BCUT2D eigenvalue weighted by molar-refractivity contribution is 0.200. The molecule has 3 nitrogen and oxygen atoms in total. The number of hydrogen-bond donors (Lipinski definition) is 1. The maximum absolute atomic E-state index is 9.09. The van der Waals surface area contributed by atoms with Crippen LogP contribution in [0.4, 0.5) is 0 Å². The van der Waals surface area contributed by atoms with E-state index in [1.807, 2.05) is 24.4 Å². The minimum absolute atomic E-state index is 0.184. The third-order valence-electron chi connectivity index (χ3n) is 2.77. The van der Waals surface area contributed by atoms with Crippen LogP contribution in [0.1, 0.15) is 12.0 Å². The number of benzene rings is 1. The van der Waals surface area contributed by atoms with Crippen molar-refractivity contribution in [3.05, 3.63) is 47.7 Å². The molecule has 0 fully saturated rings. The summed E-state index contributed by atoms with van der Waals surface area (Å²) in [6.45, 7) is 2.53. The van der Waals surface area contributed by atoms with Crippen molar-refractivity contribution in [3.8, 4) is 0 Å². The molecule has 2 rings (SSSR count). The first-order valence-corrected chi connectivity index (χ1v) is 5.97. The fourth-order valence-electron chi connectivity index (χ4n) is 1.94. The lowest BCUT2D eigenvalue weighted by Crippen LogP contribution is -2.28. The number of aliphatic hydroxyl groups excluding tert-OH is 1. The molecule has 1 aromatic rings. The molecule has 3 heteroatoms. The van der Waals surface area contributed by atoms with Crippen LogP contribution >= 0.6 is 0 Å². The fraction of sp³-hybridized carbons (Fsp3) is 0.357. The molecular weight excluding hydrogens is 212 g/mol. The van der Waals surface area contributed by atoms with Crippen LogP contribution in [0, 0.1) is 0 Å². The summed E-state index contributed by atoms with van der Waals surface area (Å²) in [5.74, 6) is 0. The van der Waals surface area contributed by atoms with Crippen LogP contribution < -0.4 is 0 Å². The topological polar surface area (TPSA) is 35.8 Å². The number of nitrogens with zero attached hydrogens (tertiary/aromatic N) is 2. The second kappa shape index (κ2) is 6.33. The molecule has 0 spiro atoms. The van der Waals surface area contributed by atoms with E-state index in [0.717, 1.165) is 25.2 Å². The monoisotopic (exact) mass is 230 g/mol. The number of allylic oxidation sites excluding steroid dienone is 1. The second-order valence-electron chi connectivity index (χ2n) is 4.16. The SMILES string of the molecule is OCCN(CC1=CCC=N1)Cc1ccccc1. The van der Waals surface area contributed by atoms with Gasteiger partial charge in [0.1, 0.15) is 0 Å². The van der Waals surface area contributed by atoms with Gasteiger partial charge in [-0.05, 0) is 5.56 Å². The van der Waals surface area contributed by atoms with E-state index in [1.54, 1.807) is 0 Å². The molecule has 0 radical (unpaired) electrons. The normalized spacial score (nSPS) is 14.4. The van der Waals surface area contributed by atoms with E-state index in [9.17, 15) is 0 Å². The molecule has 1 aromatic carbocycles. The molecule has 17 heavy (non-hydrogen) atoms. The van der Waals surface area contributed by atoms with Gasteiger partial charge in [0.25, 0.3) is 0 Å². The predicted octanol–water partition coefficient (Wildman–Crippen LogP) is 1.84. The molecule has 0 aromatic heterocycles. The van der Waals surface area contributed by atoms with Crippen LogP contribution in [-0.4, -0.2) is 35.9 Å². The Morgan fingerprint density at radius 3 is 2.65 bits per heavy atom. The highest BCUT2D eigenvalue weighted by atomic mass is 16.3. The lowest BCUT2D eigenvalue weighted by Gasteiger charge is -2.21. The number of hydrogen-bond acceptors (Lipinski definition) is 3. The number of rotatable bonds is 6. The Labute approximate surface area is 102 Å². The van der Waals surface area contributed by atoms with Crippen molar-refractivity contribution in [1.82, 2.24) is 4.90 Å². The molecule has 90 valence electrons. The first kappa shape index (κ1) is 12.0. The quantitative estimate of drug-likeness (QED) is 0.809. The molecule has 1 N–H and O–H groups in total. The Hall–Kier alpha value is -1.45. The van der Waals surface area contributed by atoms with Crippen LogP contribution in [-0.2, 0) is 6.54 Å². The lowest BCUT2D eigenvalue weighted by atomic mass is 10.2. The summed E-state index contributed by atoms with van der Waals surface area (Å²) >= 11 is 0. The maximum atomic E-state index is 9.09. The van der Waals surface area contributed by atoms with E-state index in [1.165, 1.54) is 5.56 Å². The van der Waals surface area contributed by atoms with E-state index in [4.69, 9.17) is 5.11 Å². The van der Waals surface area contributed by atoms with Crippen LogP contribution in [0.3, 0.4) is 0 Å². The smallest absolute Gasteiger partial charge is 0.0558 e. The number of aliphatic imine (C=N–C) groups is 1. The van der Waals surface area contributed by atoms with Crippen LogP contribution in [0.25, 0.3) is 0 Å². The van der Waals surface area contributed by atoms with Gasteiger partial charge in [0.2, 0.25) is 0 Å². The summed E-state index contributed by atoms with van der Waals surface area (Å²) in [6.07, 6.45) is 5.00. The summed E-state index contributed by atoms with van der Waals surface area (Å²) in [6, 6.07) is 10.3. The first-order valence-electron chi connectivity index (χ1n) is 5.97. The van der Waals surface area contributed by atoms with E-state index < -0.39 is 0 Å². The van der Waals surface area contributed by atoms with Gasteiger partial charge in [0, 0.05) is 32.3 Å². The van der Waals surface area contributed by atoms with Gasteiger partial charge >= 0.3 is 0 Å². The molecule has 0 unspecified atom stereocenters. The summed E-state index contributed by atoms with van der Waals surface area (Å²) in [4.78, 5) is 6.52. The minimum Gasteiger partial charge on any atom is -0.395 e. The molecule has 0 amide bonds. The summed E-state index contributed by atoms with van der Waals surface area (Å²) < 4.78 is 0. The Morgan fingerprint density at radius 1 is 1.18 bits per heavy atom. The maximum Gasteiger partial charge on any atom is 0.0558 e. The second-order valence-corrected chi connectivity index (χ2v) is 4.16. The highest BCUT2D eigenvalue weighted by molar-refractivity contribution is 5.64. The van der Waals surface area contributed by atoms with Crippen LogP contribution in [0.15, 0.2) is 47.1 Å². The van der Waals surface area contributed by atoms with Crippen molar-refractivity contribution in [2.45, 2.75) is 13.0 Å². The average Bonchev–Trinajstić information content (AvgIpc) is 2.83. The molecule has 1 heterocycles. The van der Waals surface area contributed by atoms with Gasteiger partial charge < -0.3 is 5.11 Å². The van der Waals surface area contributed by atoms with Gasteiger partial charge in [-0.1, -0.05) is 36.4 Å². The third-order valence-corrected chi connectivity index (χ3v) is 2.77. The van der Waals surface area contributed by atoms with Crippen molar-refractivity contribution in [3.63, 3.8) is 0 Å². The van der Waals surface area contributed by atoms with Crippen LogP contribution in [0.2, 0.25) is 0 Å². The Balaban J connectivity index is 1.94. The Morgan fingerprint density at radius 2 is 2.00 bits per heavy atom. The molecule has 0 saturated carbocycles. The van der Waals surface area contributed by atoms with Crippen molar-refractivity contribution >= 4 is 6.21 Å². The summed E-state index contributed by atoms with van der Waals surface area (Å²) in [7, 11) is 0. The molecular formula is C14H18N2O. The molecule has 0 atom stereocenters. The van der Waals surface area contributed by atoms with E-state index >= 15 is 0 Å². The number of aliphatic hydroxyl groups is 1. The van der Waals surface area contributed by atoms with Crippen molar-refractivity contribution in [2.75, 3.05) is 19.7 Å². The molecule has 1 aliphatic rings. The van der Waals surface area contributed by atoms with E-state index in [-0.39, 0.29) is 6.61 Å². The zero-order valence-electron chi connectivity index (χ0n) is 9.92. The standard InChI is InChI=1S/C14H18N2O/c17-10-9-16(12-14-7-4-8-15-14)11-13-5-2-1-3-6-13/h1-3,5-8,17H,4,9-12H2. The van der Waals surface area contributed by atoms with Gasteiger partial charge in [-0.3, -0.25) is 9.89 Å². The van der Waals surface area contributed by atoms with Crippen LogP contribution in [0.5, 0.6) is 0 Å². The Bertz CT molecular complexity index is 398. The zero-order chi connectivity index (χ0) is 11.9. The molecule has 0 aliphatic carbocycles. The zero-order valence-corrected chi connectivity index (χ0v) is 9.92. The molecule has 0 bridgehead atoms. The highest BCUT2D eigenvalue weighted by Crippen LogP contribution is 2.10. The predicted molar refractivity (Wildman–Crippen MR) is 70.0 cm³/mol. The van der Waals surface area contributed by atoms with E-state index in [0.29, 0.717) is 6.54 Å². The Kier molecular flexibility index (Phi) is 4.47.